The quantitative estimate of drug-likeness (QED) is 0.921. The molecule has 3 rings (SSSR count). The number of aliphatic hydroxyl groups excluding tert-OH is 1. The van der Waals surface area contributed by atoms with E-state index in [2.05, 4.69) is 18.8 Å². The lowest BCUT2D eigenvalue weighted by Gasteiger charge is -2.30. The van der Waals surface area contributed by atoms with Crippen molar-refractivity contribution in [3.8, 4) is 5.75 Å². The minimum absolute atomic E-state index is 0.0624. The second-order valence-electron chi connectivity index (χ2n) is 7.26. The Kier molecular flexibility index (Phi) is 4.45. The number of pyridine rings is 1. The summed E-state index contributed by atoms with van der Waals surface area (Å²) in [6.45, 7) is 5.33. The molecule has 1 saturated heterocycles. The van der Waals surface area contributed by atoms with Gasteiger partial charge in [-0.15, -0.1) is 0 Å². The van der Waals surface area contributed by atoms with E-state index in [4.69, 9.17) is 4.74 Å². The molecule has 5 nitrogen and oxygen atoms in total. The van der Waals surface area contributed by atoms with Crippen LogP contribution in [0.4, 0.5) is 0 Å². The molecule has 2 heterocycles. The van der Waals surface area contributed by atoms with E-state index in [0.717, 1.165) is 10.9 Å². The monoisotopic (exact) mass is 328 g/mol. The first-order chi connectivity index (χ1) is 11.4. The van der Waals surface area contributed by atoms with E-state index in [9.17, 15) is 9.90 Å². The molecule has 1 aromatic carbocycles. The number of para-hydroxylation sites is 1. The Balaban J connectivity index is 2.04. The zero-order chi connectivity index (χ0) is 17.3. The topological polar surface area (TPSA) is 62.7 Å². The minimum atomic E-state index is -0.367. The Bertz CT molecular complexity index is 757. The van der Waals surface area contributed by atoms with Crippen LogP contribution >= 0.6 is 0 Å². The molecule has 0 bridgehead atoms. The maximum Gasteiger partial charge on any atom is 0.258 e. The van der Waals surface area contributed by atoms with Crippen molar-refractivity contribution >= 4 is 16.8 Å². The standard InChI is InChI=1S/C19H24N2O3/c1-19(2)10-13(22)8-9-21(12-19)18(23)17-14-6-4-5-7-15(14)20-11-16(17)24-3/h4-7,11,13,22H,8-10,12H2,1-3H3. The van der Waals surface area contributed by atoms with E-state index >= 15 is 0 Å². The van der Waals surface area contributed by atoms with E-state index in [1.807, 2.05) is 29.2 Å². The predicted molar refractivity (Wildman–Crippen MR) is 93.2 cm³/mol. The third-order valence-electron chi connectivity index (χ3n) is 4.60. The van der Waals surface area contributed by atoms with Crippen LogP contribution in [0.15, 0.2) is 30.5 Å². The fourth-order valence-corrected chi connectivity index (χ4v) is 3.53. The van der Waals surface area contributed by atoms with E-state index in [1.165, 1.54) is 0 Å². The van der Waals surface area contributed by atoms with Gasteiger partial charge in [0.15, 0.2) is 5.75 Å². The summed E-state index contributed by atoms with van der Waals surface area (Å²) in [7, 11) is 1.55. The van der Waals surface area contributed by atoms with E-state index in [-0.39, 0.29) is 17.4 Å². The van der Waals surface area contributed by atoms with Gasteiger partial charge in [-0.05, 0) is 24.3 Å². The Morgan fingerprint density at radius 1 is 1.38 bits per heavy atom. The van der Waals surface area contributed by atoms with Gasteiger partial charge in [-0.3, -0.25) is 9.78 Å². The number of rotatable bonds is 2. The fraction of sp³-hybridized carbons (Fsp3) is 0.474. The number of aliphatic hydroxyl groups is 1. The largest absolute Gasteiger partial charge is 0.494 e. The van der Waals surface area contributed by atoms with Gasteiger partial charge in [0.05, 0.1) is 30.5 Å². The summed E-state index contributed by atoms with van der Waals surface area (Å²) in [5.41, 5.74) is 1.20. The third-order valence-corrected chi connectivity index (χ3v) is 4.60. The lowest BCUT2D eigenvalue weighted by atomic mass is 9.87. The first-order valence-corrected chi connectivity index (χ1v) is 8.30. The highest BCUT2D eigenvalue weighted by Crippen LogP contribution is 2.32. The van der Waals surface area contributed by atoms with Crippen LogP contribution in [-0.4, -0.2) is 47.2 Å². The van der Waals surface area contributed by atoms with Crippen molar-refractivity contribution in [1.29, 1.82) is 0 Å². The van der Waals surface area contributed by atoms with Crippen LogP contribution < -0.4 is 4.74 Å². The van der Waals surface area contributed by atoms with E-state index in [1.54, 1.807) is 13.3 Å². The minimum Gasteiger partial charge on any atom is -0.494 e. The van der Waals surface area contributed by atoms with Gasteiger partial charge in [0.1, 0.15) is 0 Å². The zero-order valence-electron chi connectivity index (χ0n) is 14.5. The van der Waals surface area contributed by atoms with Crippen LogP contribution in [0.2, 0.25) is 0 Å². The molecule has 1 fully saturated rings. The Hall–Kier alpha value is -2.14. The highest BCUT2D eigenvalue weighted by Gasteiger charge is 2.33. The maximum atomic E-state index is 13.3. The number of fused-ring (bicyclic) bond motifs is 1. The lowest BCUT2D eigenvalue weighted by Crippen LogP contribution is -2.38. The summed E-state index contributed by atoms with van der Waals surface area (Å²) in [5.74, 6) is 0.425. The van der Waals surface area contributed by atoms with Crippen molar-refractivity contribution < 1.29 is 14.6 Å². The van der Waals surface area contributed by atoms with Gasteiger partial charge in [0.2, 0.25) is 0 Å². The van der Waals surface area contributed by atoms with Crippen LogP contribution in [0.25, 0.3) is 10.9 Å². The molecular weight excluding hydrogens is 304 g/mol. The molecule has 0 spiro atoms. The number of aromatic nitrogens is 1. The summed E-state index contributed by atoms with van der Waals surface area (Å²) < 4.78 is 5.41. The lowest BCUT2D eigenvalue weighted by molar-refractivity contribution is 0.0703. The van der Waals surface area contributed by atoms with Gasteiger partial charge < -0.3 is 14.7 Å². The molecule has 1 aromatic heterocycles. The highest BCUT2D eigenvalue weighted by atomic mass is 16.5. The van der Waals surface area contributed by atoms with Gasteiger partial charge in [-0.2, -0.15) is 0 Å². The SMILES string of the molecule is COc1cnc2ccccc2c1C(=O)N1CCC(O)CC(C)(C)C1. The summed E-state index contributed by atoms with van der Waals surface area (Å²) in [4.78, 5) is 19.5. The van der Waals surface area contributed by atoms with Crippen molar-refractivity contribution in [2.75, 3.05) is 20.2 Å². The predicted octanol–water partition coefficient (Wildman–Crippen LogP) is 2.87. The average molecular weight is 328 g/mol. The molecule has 1 N–H and O–H groups in total. The Morgan fingerprint density at radius 3 is 2.88 bits per heavy atom. The van der Waals surface area contributed by atoms with Gasteiger partial charge in [0, 0.05) is 18.5 Å². The average Bonchev–Trinajstić information content (AvgIpc) is 2.70. The van der Waals surface area contributed by atoms with Crippen LogP contribution in [0.3, 0.4) is 0 Å². The Labute approximate surface area is 142 Å². The summed E-state index contributed by atoms with van der Waals surface area (Å²) >= 11 is 0. The number of nitrogens with zero attached hydrogens (tertiary/aromatic N) is 2. The van der Waals surface area contributed by atoms with Crippen LogP contribution in [0, 0.1) is 5.41 Å². The van der Waals surface area contributed by atoms with Gasteiger partial charge in [-0.1, -0.05) is 32.0 Å². The van der Waals surface area contributed by atoms with Crippen molar-refractivity contribution in [2.24, 2.45) is 5.41 Å². The molecule has 128 valence electrons. The third kappa shape index (κ3) is 3.22. The zero-order valence-corrected chi connectivity index (χ0v) is 14.5. The molecule has 0 saturated carbocycles. The number of benzene rings is 1. The van der Waals surface area contributed by atoms with Crippen molar-refractivity contribution in [3.63, 3.8) is 0 Å². The normalized spacial score (nSPS) is 20.7. The number of methoxy groups -OCH3 is 1. The molecule has 0 radical (unpaired) electrons. The van der Waals surface area contributed by atoms with Crippen LogP contribution in [0.1, 0.15) is 37.0 Å². The molecule has 1 aliphatic heterocycles. The highest BCUT2D eigenvalue weighted by molar-refractivity contribution is 6.08. The van der Waals surface area contributed by atoms with Gasteiger partial charge in [0.25, 0.3) is 5.91 Å². The second kappa shape index (κ2) is 6.40. The smallest absolute Gasteiger partial charge is 0.258 e. The summed E-state index contributed by atoms with van der Waals surface area (Å²) in [6.07, 6.45) is 2.53. The summed E-state index contributed by atoms with van der Waals surface area (Å²) in [5, 5.41) is 10.9. The molecule has 5 heteroatoms. The number of hydrogen-bond donors (Lipinski definition) is 1. The molecule has 1 unspecified atom stereocenters. The van der Waals surface area contributed by atoms with Crippen molar-refractivity contribution in [2.45, 2.75) is 32.8 Å². The van der Waals surface area contributed by atoms with E-state index < -0.39 is 0 Å². The molecule has 2 aromatic rings. The number of hydrogen-bond acceptors (Lipinski definition) is 4. The number of ether oxygens (including phenoxy) is 1. The first-order valence-electron chi connectivity index (χ1n) is 8.30. The molecule has 1 atom stereocenters. The molecular formula is C19H24N2O3. The van der Waals surface area contributed by atoms with Gasteiger partial charge in [-0.25, -0.2) is 0 Å². The first kappa shape index (κ1) is 16.7. The molecule has 24 heavy (non-hydrogen) atoms. The number of amides is 1. The Morgan fingerprint density at radius 2 is 2.12 bits per heavy atom. The van der Waals surface area contributed by atoms with Crippen LogP contribution in [-0.2, 0) is 0 Å². The van der Waals surface area contributed by atoms with Crippen molar-refractivity contribution in [3.05, 3.63) is 36.0 Å². The molecule has 1 amide bonds. The van der Waals surface area contributed by atoms with Crippen molar-refractivity contribution in [1.82, 2.24) is 9.88 Å². The summed E-state index contributed by atoms with van der Waals surface area (Å²) in [6, 6.07) is 7.59. The second-order valence-corrected chi connectivity index (χ2v) is 7.26. The number of likely N-dealkylation sites (tertiary alicyclic amines) is 1. The fourth-order valence-electron chi connectivity index (χ4n) is 3.53. The van der Waals surface area contributed by atoms with Gasteiger partial charge >= 0.3 is 0 Å². The number of carbonyl (C=O) groups excluding carboxylic acids is 1. The molecule has 0 aliphatic carbocycles. The maximum absolute atomic E-state index is 13.3. The molecule has 1 aliphatic rings. The van der Waals surface area contributed by atoms with E-state index in [0.29, 0.717) is 37.2 Å². The number of carbonyl (C=O) groups is 1. The van der Waals surface area contributed by atoms with Crippen LogP contribution in [0.5, 0.6) is 5.75 Å².